The predicted molar refractivity (Wildman–Crippen MR) is 176 cm³/mol. The highest BCUT2D eigenvalue weighted by Crippen LogP contribution is 2.54. The van der Waals surface area contributed by atoms with E-state index in [2.05, 4.69) is 94.9 Å². The molecule has 0 spiro atoms. The van der Waals surface area contributed by atoms with E-state index in [0.717, 1.165) is 44.0 Å². The highest BCUT2D eigenvalue weighted by molar-refractivity contribution is 6.74. The van der Waals surface area contributed by atoms with Crippen LogP contribution >= 0.6 is 0 Å². The van der Waals surface area contributed by atoms with Gasteiger partial charge in [-0.2, -0.15) is 0 Å². The summed E-state index contributed by atoms with van der Waals surface area (Å²) in [5, 5.41) is -0.128. The number of rotatable bonds is 12. The van der Waals surface area contributed by atoms with Crippen LogP contribution in [0.25, 0.3) is 0 Å². The zero-order valence-electron chi connectivity index (χ0n) is 28.3. The Bertz CT molecular complexity index is 787. The highest BCUT2D eigenvalue weighted by Gasteiger charge is 2.62. The summed E-state index contributed by atoms with van der Waals surface area (Å²) in [6, 6.07) is 6.87. The molecule has 4 atom stereocenters. The summed E-state index contributed by atoms with van der Waals surface area (Å²) >= 11 is 0. The van der Waals surface area contributed by atoms with Gasteiger partial charge >= 0.3 is 8.56 Å². The van der Waals surface area contributed by atoms with E-state index in [4.69, 9.17) is 22.4 Å². The van der Waals surface area contributed by atoms with Gasteiger partial charge in [0.25, 0.3) is 0 Å². The molecule has 0 amide bonds. The van der Waals surface area contributed by atoms with Crippen molar-refractivity contribution >= 4 is 25.2 Å². The summed E-state index contributed by atoms with van der Waals surface area (Å²) in [6.45, 7) is 28.9. The van der Waals surface area contributed by atoms with Crippen molar-refractivity contribution in [3.63, 3.8) is 0 Å². The van der Waals surface area contributed by atoms with Gasteiger partial charge in [-0.25, -0.2) is 0 Å². The minimum absolute atomic E-state index is 0.0570. The van der Waals surface area contributed by atoms with Crippen molar-refractivity contribution in [3.8, 4) is 11.8 Å². The van der Waals surface area contributed by atoms with Gasteiger partial charge in [0.15, 0.2) is 16.6 Å². The number of ether oxygens (including phenoxy) is 1. The van der Waals surface area contributed by atoms with Gasteiger partial charge in [-0.1, -0.05) is 83.1 Å². The number of hydrogen-bond donors (Lipinski definition) is 0. The Morgan fingerprint density at radius 3 is 1.60 bits per heavy atom. The Balaban J connectivity index is 2.27. The SMILES string of the molecule is CC[Si](CC)(CC)O[C@H]1CCCO[C@@H]1CC#CC[C@@H]1O[Si](C(C)(C)C)(C(C)(C)C)OC[C@H]1O[Si](CC)(CC)CC. The maximum Gasteiger partial charge on any atom is 0.349 e. The van der Waals surface area contributed by atoms with Crippen molar-refractivity contribution in [1.29, 1.82) is 0 Å². The van der Waals surface area contributed by atoms with Crippen molar-refractivity contribution in [2.75, 3.05) is 13.2 Å². The molecule has 0 aliphatic carbocycles. The first kappa shape index (κ1) is 36.2. The first-order chi connectivity index (χ1) is 18.7. The third-order valence-electron chi connectivity index (χ3n) is 9.94. The van der Waals surface area contributed by atoms with Crippen LogP contribution in [0, 0.1) is 11.8 Å². The summed E-state index contributed by atoms with van der Waals surface area (Å²) < 4.78 is 34.2. The molecule has 40 heavy (non-hydrogen) atoms. The second-order valence-corrected chi connectivity index (χ2v) is 28.4. The molecule has 2 aliphatic rings. The summed E-state index contributed by atoms with van der Waals surface area (Å²) in [7, 11) is -6.13. The van der Waals surface area contributed by atoms with Crippen LogP contribution in [0.3, 0.4) is 0 Å². The second kappa shape index (κ2) is 15.1. The molecule has 0 unspecified atom stereocenters. The summed E-state index contributed by atoms with van der Waals surface area (Å²) in [5.41, 5.74) is 0. The van der Waals surface area contributed by atoms with Crippen LogP contribution < -0.4 is 0 Å². The molecule has 5 nitrogen and oxygen atoms in total. The average Bonchev–Trinajstić information content (AvgIpc) is 2.93. The predicted octanol–water partition coefficient (Wildman–Crippen LogP) is 9.19. The minimum Gasteiger partial charge on any atom is -0.411 e. The molecule has 2 fully saturated rings. The molecule has 2 heterocycles. The molecule has 0 saturated carbocycles. The molecule has 2 aliphatic heterocycles. The fourth-order valence-corrected chi connectivity index (χ4v) is 17.7. The topological polar surface area (TPSA) is 46.2 Å². The van der Waals surface area contributed by atoms with E-state index in [1.807, 2.05) is 0 Å². The highest BCUT2D eigenvalue weighted by atomic mass is 28.4. The Labute approximate surface area is 251 Å². The van der Waals surface area contributed by atoms with Gasteiger partial charge in [0.1, 0.15) is 0 Å². The van der Waals surface area contributed by atoms with E-state index in [9.17, 15) is 0 Å². The van der Waals surface area contributed by atoms with Crippen molar-refractivity contribution in [2.24, 2.45) is 0 Å². The lowest BCUT2D eigenvalue weighted by Crippen LogP contribution is -2.66. The van der Waals surface area contributed by atoms with Gasteiger partial charge in [0.2, 0.25) is 0 Å². The third-order valence-corrected chi connectivity index (χ3v) is 24.4. The maximum absolute atomic E-state index is 7.18. The molecular formula is C32H64O5Si3. The molecule has 0 radical (unpaired) electrons. The lowest BCUT2D eigenvalue weighted by atomic mass is 10.0. The minimum atomic E-state index is -2.61. The van der Waals surface area contributed by atoms with Gasteiger partial charge < -0.3 is 22.4 Å². The van der Waals surface area contributed by atoms with Gasteiger partial charge in [-0.15, -0.1) is 11.8 Å². The van der Waals surface area contributed by atoms with Crippen LogP contribution in [0.15, 0.2) is 0 Å². The average molecular weight is 613 g/mol. The summed E-state index contributed by atoms with van der Waals surface area (Å²) in [4.78, 5) is 0. The molecule has 234 valence electrons. The van der Waals surface area contributed by atoms with Crippen molar-refractivity contribution in [2.45, 2.75) is 180 Å². The molecule has 0 aromatic heterocycles. The lowest BCUT2D eigenvalue weighted by Gasteiger charge is -2.55. The first-order valence-corrected chi connectivity index (χ1v) is 23.3. The van der Waals surface area contributed by atoms with E-state index >= 15 is 0 Å². The van der Waals surface area contributed by atoms with Crippen LogP contribution in [-0.2, 0) is 22.4 Å². The molecule has 2 rings (SSSR count). The summed E-state index contributed by atoms with van der Waals surface area (Å²) in [6.07, 6.45) is 3.68. The Kier molecular flexibility index (Phi) is 13.7. The molecule has 0 aromatic carbocycles. The van der Waals surface area contributed by atoms with Crippen molar-refractivity contribution in [1.82, 2.24) is 0 Å². The second-order valence-electron chi connectivity index (χ2n) is 14.2. The van der Waals surface area contributed by atoms with Crippen molar-refractivity contribution in [3.05, 3.63) is 0 Å². The standard InChI is InChI=1S/C32H64O5Si3/c1-13-38(14-2,15-3)35-28-24-21-25-33-27(28)22-19-20-23-29-30(36-39(16-4,17-5)18-6)26-34-40(37-29,31(7,8)9)32(10,11)12/h27-30H,13-18,21-26H2,1-12H3/t27-,28+,29+,30-/m1/s1. The van der Waals surface area contributed by atoms with E-state index in [-0.39, 0.29) is 34.5 Å². The largest absolute Gasteiger partial charge is 0.411 e. The van der Waals surface area contributed by atoms with Gasteiger partial charge in [-0.3, -0.25) is 0 Å². The zero-order chi connectivity index (χ0) is 30.2. The Morgan fingerprint density at radius 2 is 1.15 bits per heavy atom. The Hall–Kier alpha value is 0.0106. The molecule has 8 heteroatoms. The van der Waals surface area contributed by atoms with Crippen molar-refractivity contribution < 1.29 is 22.4 Å². The van der Waals surface area contributed by atoms with Crippen LogP contribution in [0.2, 0.25) is 46.3 Å². The lowest BCUT2D eigenvalue weighted by molar-refractivity contribution is -0.0658. The first-order valence-electron chi connectivity index (χ1n) is 16.5. The van der Waals surface area contributed by atoms with Crippen LogP contribution in [0.5, 0.6) is 0 Å². The number of hydrogen-bond acceptors (Lipinski definition) is 5. The smallest absolute Gasteiger partial charge is 0.349 e. The van der Waals surface area contributed by atoms with Crippen LogP contribution in [-0.4, -0.2) is 62.8 Å². The van der Waals surface area contributed by atoms with Gasteiger partial charge in [-0.05, 0) is 49.1 Å². The monoisotopic (exact) mass is 612 g/mol. The zero-order valence-corrected chi connectivity index (χ0v) is 31.3. The molecule has 2 saturated heterocycles. The molecule has 0 aromatic rings. The fourth-order valence-electron chi connectivity index (χ4n) is 6.95. The van der Waals surface area contributed by atoms with E-state index < -0.39 is 25.2 Å². The Morgan fingerprint density at radius 1 is 0.700 bits per heavy atom. The van der Waals surface area contributed by atoms with E-state index in [1.165, 1.54) is 18.1 Å². The fraction of sp³-hybridized carbons (Fsp3) is 0.938. The normalized spacial score (nSPS) is 26.3. The van der Waals surface area contributed by atoms with Gasteiger partial charge in [0, 0.05) is 29.5 Å². The molecule has 0 N–H and O–H groups in total. The van der Waals surface area contributed by atoms with E-state index in [1.54, 1.807) is 0 Å². The third kappa shape index (κ3) is 8.34. The quantitative estimate of drug-likeness (QED) is 0.162. The maximum atomic E-state index is 7.18. The van der Waals surface area contributed by atoms with Crippen LogP contribution in [0.4, 0.5) is 0 Å². The van der Waals surface area contributed by atoms with Crippen LogP contribution in [0.1, 0.15) is 109 Å². The molecular weight excluding hydrogens is 549 g/mol. The van der Waals surface area contributed by atoms with E-state index in [0.29, 0.717) is 13.0 Å². The summed E-state index contributed by atoms with van der Waals surface area (Å²) in [5.74, 6) is 7.05. The molecule has 0 bridgehead atoms. The van der Waals surface area contributed by atoms with Gasteiger partial charge in [0.05, 0.1) is 31.0 Å².